The quantitative estimate of drug-likeness (QED) is 0.717. The highest BCUT2D eigenvalue weighted by atomic mass is 79.9. The van der Waals surface area contributed by atoms with Crippen molar-refractivity contribution in [2.24, 2.45) is 0 Å². The Kier molecular flexibility index (Phi) is 4.94. The minimum Gasteiger partial charge on any atom is -0.343 e. The summed E-state index contributed by atoms with van der Waals surface area (Å²) in [5, 5.41) is 7.13. The van der Waals surface area contributed by atoms with Gasteiger partial charge in [0, 0.05) is 4.47 Å². The molecular weight excluding hydrogens is 387 g/mol. The lowest BCUT2D eigenvalue weighted by atomic mass is 10.1. The molecule has 0 spiro atoms. The van der Waals surface area contributed by atoms with Gasteiger partial charge in [0.25, 0.3) is 5.91 Å². The number of benzene rings is 2. The zero-order valence-electron chi connectivity index (χ0n) is 13.7. The molecular formula is C18H16BrFN4O. The average Bonchev–Trinajstić information content (AvgIpc) is 2.98. The Morgan fingerprint density at radius 1 is 1.20 bits per heavy atom. The third-order valence-electron chi connectivity index (χ3n) is 3.76. The molecule has 1 unspecified atom stereocenters. The Morgan fingerprint density at radius 2 is 1.88 bits per heavy atom. The second kappa shape index (κ2) is 7.14. The number of rotatable bonds is 4. The summed E-state index contributed by atoms with van der Waals surface area (Å²) in [5.41, 5.74) is 1.61. The first-order valence-corrected chi connectivity index (χ1v) is 8.50. The molecule has 1 amide bonds. The van der Waals surface area contributed by atoms with E-state index in [0.717, 1.165) is 10.0 Å². The van der Waals surface area contributed by atoms with Crippen LogP contribution < -0.4 is 5.32 Å². The van der Waals surface area contributed by atoms with Gasteiger partial charge in [0.1, 0.15) is 11.6 Å². The highest BCUT2D eigenvalue weighted by Gasteiger charge is 2.18. The number of carbonyl (C=O) groups is 1. The van der Waals surface area contributed by atoms with E-state index >= 15 is 0 Å². The zero-order chi connectivity index (χ0) is 18.0. The van der Waals surface area contributed by atoms with Crippen molar-refractivity contribution in [3.8, 4) is 5.69 Å². The van der Waals surface area contributed by atoms with Crippen LogP contribution in [0.15, 0.2) is 53.0 Å². The van der Waals surface area contributed by atoms with Crippen LogP contribution >= 0.6 is 15.9 Å². The van der Waals surface area contributed by atoms with Crippen molar-refractivity contribution in [2.45, 2.75) is 19.9 Å². The highest BCUT2D eigenvalue weighted by molar-refractivity contribution is 9.10. The summed E-state index contributed by atoms with van der Waals surface area (Å²) in [6, 6.07) is 13.3. The first-order valence-electron chi connectivity index (χ1n) is 7.70. The fourth-order valence-electron chi connectivity index (χ4n) is 2.48. The first kappa shape index (κ1) is 17.3. The number of nitrogens with one attached hydrogen (secondary N) is 1. The Hall–Kier alpha value is -2.54. The van der Waals surface area contributed by atoms with Gasteiger partial charge in [-0.3, -0.25) is 4.79 Å². The van der Waals surface area contributed by atoms with Crippen molar-refractivity contribution in [3.05, 3.63) is 76.0 Å². The van der Waals surface area contributed by atoms with Crippen LogP contribution in [0.1, 0.15) is 35.0 Å². The number of aryl methyl sites for hydroxylation is 1. The van der Waals surface area contributed by atoms with E-state index < -0.39 is 0 Å². The van der Waals surface area contributed by atoms with E-state index in [9.17, 15) is 9.18 Å². The smallest absolute Gasteiger partial charge is 0.291 e. The van der Waals surface area contributed by atoms with E-state index in [1.807, 2.05) is 31.2 Å². The molecule has 0 saturated carbocycles. The van der Waals surface area contributed by atoms with Gasteiger partial charge < -0.3 is 5.32 Å². The zero-order valence-corrected chi connectivity index (χ0v) is 15.3. The summed E-state index contributed by atoms with van der Waals surface area (Å²) >= 11 is 3.48. The molecule has 0 aliphatic carbocycles. The molecule has 0 aliphatic rings. The molecule has 0 radical (unpaired) electrons. The largest absolute Gasteiger partial charge is 0.343 e. The molecule has 1 N–H and O–H groups in total. The van der Waals surface area contributed by atoms with Gasteiger partial charge in [-0.2, -0.15) is 0 Å². The molecule has 128 valence electrons. The van der Waals surface area contributed by atoms with Gasteiger partial charge in [0.2, 0.25) is 5.82 Å². The van der Waals surface area contributed by atoms with Crippen molar-refractivity contribution in [3.63, 3.8) is 0 Å². The SMILES string of the molecule is Cc1nc(C(=O)NC(C)c2ccccc2Br)nn1-c1ccc(F)cc1. The normalized spacial score (nSPS) is 12.0. The van der Waals surface area contributed by atoms with Crippen molar-refractivity contribution in [1.29, 1.82) is 0 Å². The van der Waals surface area contributed by atoms with E-state index in [0.29, 0.717) is 11.5 Å². The van der Waals surface area contributed by atoms with E-state index in [2.05, 4.69) is 31.3 Å². The molecule has 3 rings (SSSR count). The lowest BCUT2D eigenvalue weighted by Crippen LogP contribution is -2.28. The van der Waals surface area contributed by atoms with Crippen LogP contribution in [0.3, 0.4) is 0 Å². The molecule has 0 bridgehead atoms. The third-order valence-corrected chi connectivity index (χ3v) is 4.48. The van der Waals surface area contributed by atoms with Gasteiger partial charge in [-0.1, -0.05) is 34.1 Å². The summed E-state index contributed by atoms with van der Waals surface area (Å²) in [7, 11) is 0. The topological polar surface area (TPSA) is 59.8 Å². The number of aromatic nitrogens is 3. The van der Waals surface area contributed by atoms with Crippen LogP contribution in [0.25, 0.3) is 5.69 Å². The van der Waals surface area contributed by atoms with Crippen molar-refractivity contribution < 1.29 is 9.18 Å². The summed E-state index contributed by atoms with van der Waals surface area (Å²) in [5.74, 6) is -0.0833. The maximum Gasteiger partial charge on any atom is 0.291 e. The van der Waals surface area contributed by atoms with Crippen LogP contribution in [-0.2, 0) is 0 Å². The first-order chi connectivity index (χ1) is 12.0. The lowest BCUT2D eigenvalue weighted by molar-refractivity contribution is 0.0929. The van der Waals surface area contributed by atoms with Crippen LogP contribution in [0.5, 0.6) is 0 Å². The van der Waals surface area contributed by atoms with Crippen molar-refractivity contribution >= 4 is 21.8 Å². The number of nitrogens with zero attached hydrogens (tertiary/aromatic N) is 3. The maximum absolute atomic E-state index is 13.1. The van der Waals surface area contributed by atoms with Crippen LogP contribution in [0.2, 0.25) is 0 Å². The average molecular weight is 403 g/mol. The molecule has 0 saturated heterocycles. The molecule has 7 heteroatoms. The number of amides is 1. The summed E-state index contributed by atoms with van der Waals surface area (Å²) in [6.07, 6.45) is 0. The third kappa shape index (κ3) is 3.76. The standard InChI is InChI=1S/C18H16BrFN4O/c1-11(15-5-3-4-6-16(15)19)21-18(25)17-22-12(2)24(23-17)14-9-7-13(20)8-10-14/h3-11H,1-2H3,(H,21,25). The minimum absolute atomic E-state index is 0.0701. The Bertz CT molecular complexity index is 908. The Labute approximate surface area is 153 Å². The van der Waals surface area contributed by atoms with Gasteiger partial charge in [-0.15, -0.1) is 5.10 Å². The van der Waals surface area contributed by atoms with Crippen LogP contribution in [-0.4, -0.2) is 20.7 Å². The Morgan fingerprint density at radius 3 is 2.56 bits per heavy atom. The summed E-state index contributed by atoms with van der Waals surface area (Å²) < 4.78 is 15.5. The number of halogens is 2. The fourth-order valence-corrected chi connectivity index (χ4v) is 3.11. The number of hydrogen-bond acceptors (Lipinski definition) is 3. The molecule has 0 aliphatic heterocycles. The van der Waals surface area contributed by atoms with Gasteiger partial charge in [0.15, 0.2) is 0 Å². The molecule has 5 nitrogen and oxygen atoms in total. The fraction of sp³-hybridized carbons (Fsp3) is 0.167. The van der Waals surface area contributed by atoms with E-state index in [-0.39, 0.29) is 23.6 Å². The maximum atomic E-state index is 13.1. The van der Waals surface area contributed by atoms with E-state index in [1.165, 1.54) is 16.8 Å². The lowest BCUT2D eigenvalue weighted by Gasteiger charge is -2.14. The molecule has 1 heterocycles. The summed E-state index contributed by atoms with van der Waals surface area (Å²) in [6.45, 7) is 3.63. The van der Waals surface area contributed by atoms with Gasteiger partial charge >= 0.3 is 0 Å². The second-order valence-electron chi connectivity index (χ2n) is 5.59. The molecule has 1 atom stereocenters. The molecule has 3 aromatic rings. The van der Waals surface area contributed by atoms with Gasteiger partial charge in [-0.05, 0) is 49.7 Å². The summed E-state index contributed by atoms with van der Waals surface area (Å²) in [4.78, 5) is 16.7. The highest BCUT2D eigenvalue weighted by Crippen LogP contribution is 2.23. The van der Waals surface area contributed by atoms with Crippen molar-refractivity contribution in [1.82, 2.24) is 20.1 Å². The van der Waals surface area contributed by atoms with Crippen molar-refractivity contribution in [2.75, 3.05) is 0 Å². The van der Waals surface area contributed by atoms with Gasteiger partial charge in [0.05, 0.1) is 11.7 Å². The molecule has 0 fully saturated rings. The monoisotopic (exact) mass is 402 g/mol. The van der Waals surface area contributed by atoms with Crippen LogP contribution in [0, 0.1) is 12.7 Å². The van der Waals surface area contributed by atoms with E-state index in [4.69, 9.17) is 0 Å². The number of hydrogen-bond donors (Lipinski definition) is 1. The molecule has 25 heavy (non-hydrogen) atoms. The molecule has 2 aromatic carbocycles. The predicted molar refractivity (Wildman–Crippen MR) is 96.1 cm³/mol. The Balaban J connectivity index is 1.80. The second-order valence-corrected chi connectivity index (χ2v) is 6.44. The van der Waals surface area contributed by atoms with E-state index in [1.54, 1.807) is 19.1 Å². The predicted octanol–water partition coefficient (Wildman–Crippen LogP) is 3.97. The minimum atomic E-state index is -0.368. The number of carbonyl (C=O) groups excluding carboxylic acids is 1. The molecule has 1 aromatic heterocycles. The van der Waals surface area contributed by atoms with Gasteiger partial charge in [-0.25, -0.2) is 14.1 Å². The van der Waals surface area contributed by atoms with Crippen LogP contribution in [0.4, 0.5) is 4.39 Å².